The van der Waals surface area contributed by atoms with Gasteiger partial charge in [0.1, 0.15) is 17.4 Å². The first-order valence-corrected chi connectivity index (χ1v) is 13.8. The first-order chi connectivity index (χ1) is 20.4. The highest BCUT2D eigenvalue weighted by Crippen LogP contribution is 2.47. The molecule has 1 amide bonds. The number of halogens is 1. The van der Waals surface area contributed by atoms with Gasteiger partial charge >= 0.3 is 0 Å². The molecule has 0 spiro atoms. The Morgan fingerprint density at radius 2 is 1.55 bits per heavy atom. The second kappa shape index (κ2) is 11.4. The van der Waals surface area contributed by atoms with Gasteiger partial charge in [-0.05, 0) is 41.0 Å². The van der Waals surface area contributed by atoms with Crippen molar-refractivity contribution in [3.05, 3.63) is 132 Å². The Balaban J connectivity index is 1.60. The third-order valence-electron chi connectivity index (χ3n) is 7.32. The van der Waals surface area contributed by atoms with E-state index in [9.17, 15) is 14.3 Å². The molecule has 0 atom stereocenters. The molecule has 0 radical (unpaired) electrons. The summed E-state index contributed by atoms with van der Waals surface area (Å²) < 4.78 is 22.2. The lowest BCUT2D eigenvalue weighted by atomic mass is 10.0. The number of rotatable bonds is 8. The van der Waals surface area contributed by atoms with E-state index >= 15 is 0 Å². The van der Waals surface area contributed by atoms with Crippen LogP contribution in [-0.4, -0.2) is 20.6 Å². The zero-order valence-electron chi connectivity index (χ0n) is 23.3. The summed E-state index contributed by atoms with van der Waals surface area (Å²) in [4.78, 5) is 17.7. The van der Waals surface area contributed by atoms with Crippen LogP contribution in [0, 0.1) is 11.7 Å². The zero-order valence-corrected chi connectivity index (χ0v) is 23.3. The van der Waals surface area contributed by atoms with E-state index in [4.69, 9.17) is 9.72 Å². The van der Waals surface area contributed by atoms with E-state index in [2.05, 4.69) is 5.32 Å². The molecule has 0 saturated heterocycles. The van der Waals surface area contributed by atoms with Crippen LogP contribution in [-0.2, 0) is 11.3 Å². The van der Waals surface area contributed by atoms with Crippen LogP contribution in [0.1, 0.15) is 36.6 Å². The number of hydrogen-bond donors (Lipinski definition) is 2. The summed E-state index contributed by atoms with van der Waals surface area (Å²) in [6.07, 6.45) is 2.96. The molecule has 7 heteroatoms. The lowest BCUT2D eigenvalue weighted by molar-refractivity contribution is -0.118. The van der Waals surface area contributed by atoms with Crippen LogP contribution in [0.15, 0.2) is 109 Å². The predicted molar refractivity (Wildman–Crippen MR) is 163 cm³/mol. The Morgan fingerprint density at radius 3 is 2.17 bits per heavy atom. The maximum Gasteiger partial charge on any atom is 0.226 e. The first-order valence-electron chi connectivity index (χ1n) is 13.8. The topological polar surface area (TPSA) is 76.4 Å². The van der Waals surface area contributed by atoms with Gasteiger partial charge in [-0.15, -0.1) is 0 Å². The molecule has 0 saturated carbocycles. The fourth-order valence-corrected chi connectivity index (χ4v) is 5.14. The van der Waals surface area contributed by atoms with E-state index in [-0.39, 0.29) is 30.1 Å². The number of aromatic hydroxyl groups is 1. The number of hydrogen-bond acceptors (Lipinski definition) is 4. The van der Waals surface area contributed by atoms with E-state index in [1.807, 2.05) is 86.6 Å². The number of amides is 1. The summed E-state index contributed by atoms with van der Waals surface area (Å²) in [5.74, 6) is -0.404. The average molecular weight is 560 g/mol. The van der Waals surface area contributed by atoms with Crippen LogP contribution in [0.5, 0.6) is 11.6 Å². The van der Waals surface area contributed by atoms with E-state index in [0.29, 0.717) is 33.1 Å². The van der Waals surface area contributed by atoms with E-state index in [1.165, 1.54) is 12.1 Å². The Morgan fingerprint density at radius 1 is 0.905 bits per heavy atom. The number of nitrogens with one attached hydrogen (secondary N) is 1. The average Bonchev–Trinajstić information content (AvgIpc) is 3.34. The standard InChI is InChI=1S/C35H30FN3O3/c1-22(2)34(40)38-30-27-14-9-19-37-31(27)33(42-32(24-10-5-3-6-11-24)25-12-7-4-8-13-25)29-28(30)21-39(35(29)41)20-23-15-17-26(36)18-16-23/h3-19,21-22,32,41H,20H2,1-2H3,(H,38,40). The number of benzene rings is 4. The number of ether oxygens (including phenoxy) is 1. The number of carbonyl (C=O) groups is 1. The molecule has 0 aliphatic heterocycles. The van der Waals surface area contributed by atoms with Gasteiger partial charge in [-0.2, -0.15) is 0 Å². The molecule has 0 aliphatic carbocycles. The fraction of sp³-hybridized carbons (Fsp3) is 0.143. The number of anilines is 1. The summed E-state index contributed by atoms with van der Waals surface area (Å²) in [6, 6.07) is 29.6. The van der Waals surface area contributed by atoms with Crippen LogP contribution < -0.4 is 10.1 Å². The normalized spacial score (nSPS) is 11.5. The van der Waals surface area contributed by atoms with Crippen LogP contribution >= 0.6 is 0 Å². The summed E-state index contributed by atoms with van der Waals surface area (Å²) in [7, 11) is 0. The lowest BCUT2D eigenvalue weighted by Crippen LogP contribution is -2.18. The minimum absolute atomic E-state index is 0.0446. The minimum Gasteiger partial charge on any atom is -0.494 e. The van der Waals surface area contributed by atoms with Crippen molar-refractivity contribution in [2.24, 2.45) is 5.92 Å². The molecular formula is C35H30FN3O3. The molecule has 6 rings (SSSR count). The van der Waals surface area contributed by atoms with Crippen molar-refractivity contribution >= 4 is 33.3 Å². The third kappa shape index (κ3) is 5.17. The van der Waals surface area contributed by atoms with Crippen LogP contribution in [0.4, 0.5) is 10.1 Å². The smallest absolute Gasteiger partial charge is 0.226 e. The van der Waals surface area contributed by atoms with Gasteiger partial charge in [0.05, 0.1) is 17.6 Å². The maximum atomic E-state index is 13.6. The monoisotopic (exact) mass is 559 g/mol. The highest BCUT2D eigenvalue weighted by molar-refractivity contribution is 6.19. The summed E-state index contributed by atoms with van der Waals surface area (Å²) in [5, 5.41) is 16.5. The predicted octanol–water partition coefficient (Wildman–Crippen LogP) is 7.85. The molecular weight excluding hydrogens is 529 g/mol. The maximum absolute atomic E-state index is 13.6. The molecule has 6 aromatic rings. The Bertz CT molecular complexity index is 1830. The number of fused-ring (bicyclic) bond motifs is 2. The van der Waals surface area contributed by atoms with Crippen molar-refractivity contribution in [3.63, 3.8) is 0 Å². The molecule has 210 valence electrons. The van der Waals surface area contributed by atoms with Gasteiger partial charge in [0, 0.05) is 29.1 Å². The van der Waals surface area contributed by atoms with Crippen molar-refractivity contribution < 1.29 is 19.0 Å². The van der Waals surface area contributed by atoms with Crippen molar-refractivity contribution in [2.75, 3.05) is 5.32 Å². The van der Waals surface area contributed by atoms with Gasteiger partial charge in [-0.3, -0.25) is 9.78 Å². The number of nitrogens with zero attached hydrogens (tertiary/aromatic N) is 2. The molecule has 2 aromatic heterocycles. The number of carbonyl (C=O) groups excluding carboxylic acids is 1. The zero-order chi connectivity index (χ0) is 29.2. The molecule has 4 aromatic carbocycles. The van der Waals surface area contributed by atoms with Crippen LogP contribution in [0.2, 0.25) is 0 Å². The molecule has 0 unspecified atom stereocenters. The van der Waals surface area contributed by atoms with Gasteiger partial charge in [-0.25, -0.2) is 4.39 Å². The van der Waals surface area contributed by atoms with Gasteiger partial charge in [0.25, 0.3) is 0 Å². The van der Waals surface area contributed by atoms with Crippen molar-refractivity contribution in [1.82, 2.24) is 9.55 Å². The van der Waals surface area contributed by atoms with Crippen molar-refractivity contribution in [2.45, 2.75) is 26.5 Å². The summed E-state index contributed by atoms with van der Waals surface area (Å²) in [6.45, 7) is 3.93. The van der Waals surface area contributed by atoms with Gasteiger partial charge in [0.2, 0.25) is 11.8 Å². The molecule has 2 N–H and O–H groups in total. The minimum atomic E-state index is -0.503. The lowest BCUT2D eigenvalue weighted by Gasteiger charge is -2.23. The first kappa shape index (κ1) is 27.0. The van der Waals surface area contributed by atoms with Crippen molar-refractivity contribution in [1.29, 1.82) is 0 Å². The third-order valence-corrected chi connectivity index (χ3v) is 7.32. The molecule has 6 nitrogen and oxygen atoms in total. The summed E-state index contributed by atoms with van der Waals surface area (Å²) in [5.41, 5.74) is 3.72. The quantitative estimate of drug-likeness (QED) is 0.199. The second-order valence-electron chi connectivity index (χ2n) is 10.6. The van der Waals surface area contributed by atoms with E-state index < -0.39 is 6.10 Å². The van der Waals surface area contributed by atoms with Crippen LogP contribution in [0.3, 0.4) is 0 Å². The largest absolute Gasteiger partial charge is 0.494 e. The molecule has 0 bridgehead atoms. The van der Waals surface area contributed by atoms with Crippen LogP contribution in [0.25, 0.3) is 21.7 Å². The van der Waals surface area contributed by atoms with Gasteiger partial charge in [-0.1, -0.05) is 86.6 Å². The Kier molecular flexibility index (Phi) is 7.32. The van der Waals surface area contributed by atoms with Gasteiger partial charge < -0.3 is 19.7 Å². The molecule has 0 fully saturated rings. The Labute approximate surface area is 243 Å². The van der Waals surface area contributed by atoms with Gasteiger partial charge in [0.15, 0.2) is 5.75 Å². The summed E-state index contributed by atoms with van der Waals surface area (Å²) >= 11 is 0. The molecule has 2 heterocycles. The SMILES string of the molecule is CC(C)C(=O)Nc1c2cccnc2c(OC(c2ccccc2)c2ccccc2)c2c(O)n(Cc3ccc(F)cc3)cc12. The fourth-order valence-electron chi connectivity index (χ4n) is 5.14. The highest BCUT2D eigenvalue weighted by Gasteiger charge is 2.27. The van der Waals surface area contributed by atoms with Crippen molar-refractivity contribution in [3.8, 4) is 11.6 Å². The molecule has 42 heavy (non-hydrogen) atoms. The molecule has 0 aliphatic rings. The van der Waals surface area contributed by atoms with E-state index in [0.717, 1.165) is 16.7 Å². The number of pyridine rings is 1. The Hall–Kier alpha value is -5.17. The highest BCUT2D eigenvalue weighted by atomic mass is 19.1. The second-order valence-corrected chi connectivity index (χ2v) is 10.6. The van der Waals surface area contributed by atoms with E-state index in [1.54, 1.807) is 29.1 Å². The number of aromatic nitrogens is 2.